The van der Waals surface area contributed by atoms with Gasteiger partial charge in [-0.05, 0) is 6.92 Å². The van der Waals surface area contributed by atoms with Crippen molar-refractivity contribution in [1.29, 1.82) is 0 Å². The fourth-order valence-electron chi connectivity index (χ4n) is 0.419. The van der Waals surface area contributed by atoms with Crippen LogP contribution in [0, 0.1) is 0 Å². The zero-order valence-electron chi connectivity index (χ0n) is 4.52. The first-order valence-electron chi connectivity index (χ1n) is 2.19. The number of rotatable bonds is 0. The normalized spacial score (nSPS) is 24.3. The predicted molar refractivity (Wildman–Crippen MR) is 40.1 cm³/mol. The van der Waals surface area contributed by atoms with E-state index < -0.39 is 3.67 Å². The summed E-state index contributed by atoms with van der Waals surface area (Å²) in [5, 5.41) is 0. The van der Waals surface area contributed by atoms with Gasteiger partial charge in [-0.1, -0.05) is 23.2 Å². The Bertz CT molecular complexity index is 189. The molecule has 0 amide bonds. The fraction of sp³-hybridized carbons (Fsp3) is 0.500. The Morgan fingerprint density at radius 2 is 2.22 bits per heavy atom. The molecule has 0 aromatic carbocycles. The van der Waals surface area contributed by atoms with E-state index in [0.717, 1.165) is 11.9 Å². The summed E-state index contributed by atoms with van der Waals surface area (Å²) in [5.74, 6) is -0.309. The van der Waals surface area contributed by atoms with Crippen LogP contribution in [0.3, 0.4) is 0 Å². The van der Waals surface area contributed by atoms with E-state index in [1.54, 1.807) is 6.92 Å². The van der Waals surface area contributed by atoms with Gasteiger partial charge in [0.1, 0.15) is 0 Å². The van der Waals surface area contributed by atoms with Crippen LogP contribution in [0.25, 0.3) is 0 Å². The van der Waals surface area contributed by atoms with Crippen LogP contribution in [0.5, 0.6) is 0 Å². The molecule has 0 saturated heterocycles. The van der Waals surface area contributed by atoms with Crippen molar-refractivity contribution in [3.63, 3.8) is 0 Å². The summed E-state index contributed by atoms with van der Waals surface area (Å²) in [4.78, 5) is 10.8. The maximum atomic E-state index is 10.8. The van der Waals surface area contributed by atoms with E-state index in [-0.39, 0.29) is 5.78 Å². The minimum Gasteiger partial charge on any atom is -0.288 e. The molecule has 0 unspecified atom stereocenters. The van der Waals surface area contributed by atoms with Crippen LogP contribution < -0.4 is 0 Å². The van der Waals surface area contributed by atoms with Gasteiger partial charge in [-0.3, -0.25) is 4.79 Å². The zero-order chi connectivity index (χ0) is 7.07. The predicted octanol–water partition coefficient (Wildman–Crippen LogP) is 1.81. The highest BCUT2D eigenvalue weighted by molar-refractivity contribution is 8.04. The Morgan fingerprint density at radius 1 is 1.67 bits per heavy atom. The van der Waals surface area contributed by atoms with Crippen LogP contribution in [0.1, 0.15) is 6.92 Å². The molecule has 1 heterocycles. The van der Waals surface area contributed by atoms with E-state index in [2.05, 4.69) is 4.40 Å². The number of alkyl halides is 2. The van der Waals surface area contributed by atoms with E-state index in [9.17, 15) is 4.79 Å². The number of carbonyl (C=O) groups is 1. The molecule has 0 spiro atoms. The molecule has 5 heteroatoms. The van der Waals surface area contributed by atoms with Crippen LogP contribution in [0.15, 0.2) is 4.40 Å². The standard InChI is InChI=1S/C4H3Cl2NOS/c1-2-3(8)4(5,6)9-7-2/h1H3. The lowest BCUT2D eigenvalue weighted by Gasteiger charge is -2.03. The molecule has 0 aromatic rings. The molecule has 0 bridgehead atoms. The molecule has 9 heavy (non-hydrogen) atoms. The third-order valence-corrected chi connectivity index (χ3v) is 2.43. The largest absolute Gasteiger partial charge is 0.288 e. The number of hydrogen-bond donors (Lipinski definition) is 0. The summed E-state index contributed by atoms with van der Waals surface area (Å²) >= 11 is 11.8. The molecule has 0 saturated carbocycles. The number of nitrogens with zero attached hydrogens (tertiary/aromatic N) is 1. The van der Waals surface area contributed by atoms with E-state index in [0.29, 0.717) is 5.71 Å². The molecular formula is C4H3Cl2NOS. The lowest BCUT2D eigenvalue weighted by molar-refractivity contribution is -0.111. The quantitative estimate of drug-likeness (QED) is 0.424. The smallest absolute Gasteiger partial charge is 0.247 e. The van der Waals surface area contributed by atoms with Crippen LogP contribution in [0.2, 0.25) is 0 Å². The van der Waals surface area contributed by atoms with Crippen LogP contribution in [-0.2, 0) is 4.79 Å². The van der Waals surface area contributed by atoms with Gasteiger partial charge in [-0.25, -0.2) is 4.40 Å². The fourth-order valence-corrected chi connectivity index (χ4v) is 1.46. The van der Waals surface area contributed by atoms with Gasteiger partial charge < -0.3 is 0 Å². The van der Waals surface area contributed by atoms with Crippen molar-refractivity contribution in [1.82, 2.24) is 0 Å². The lowest BCUT2D eigenvalue weighted by Crippen LogP contribution is -2.21. The van der Waals surface area contributed by atoms with Gasteiger partial charge in [0.25, 0.3) is 0 Å². The number of ketones is 1. The van der Waals surface area contributed by atoms with E-state index in [1.807, 2.05) is 0 Å². The third kappa shape index (κ3) is 1.23. The average Bonchev–Trinajstić information content (AvgIpc) is 1.97. The first-order chi connectivity index (χ1) is 4.04. The maximum Gasteiger partial charge on any atom is 0.247 e. The molecule has 0 aliphatic carbocycles. The van der Waals surface area contributed by atoms with Gasteiger partial charge in [0.2, 0.25) is 9.45 Å². The Morgan fingerprint density at radius 3 is 2.33 bits per heavy atom. The Balaban J connectivity index is 2.86. The molecule has 0 aromatic heterocycles. The van der Waals surface area contributed by atoms with Gasteiger partial charge in [0, 0.05) is 11.9 Å². The number of carbonyl (C=O) groups excluding carboxylic acids is 1. The molecule has 0 atom stereocenters. The lowest BCUT2D eigenvalue weighted by atomic mass is 10.3. The number of halogens is 2. The van der Waals surface area contributed by atoms with Gasteiger partial charge >= 0.3 is 0 Å². The minimum atomic E-state index is -1.36. The Kier molecular flexibility index (Phi) is 1.76. The highest BCUT2D eigenvalue weighted by atomic mass is 35.5. The van der Waals surface area contributed by atoms with Crippen LogP contribution >= 0.6 is 35.1 Å². The summed E-state index contributed by atoms with van der Waals surface area (Å²) in [6.07, 6.45) is 0. The van der Waals surface area contributed by atoms with Crippen molar-refractivity contribution in [2.45, 2.75) is 10.6 Å². The van der Waals surface area contributed by atoms with Crippen molar-refractivity contribution in [3.8, 4) is 0 Å². The third-order valence-electron chi connectivity index (χ3n) is 0.890. The first-order valence-corrected chi connectivity index (χ1v) is 3.72. The number of Topliss-reactive ketones (excluding diaryl/α,β-unsaturated/α-hetero) is 1. The van der Waals surface area contributed by atoms with Gasteiger partial charge in [0.05, 0.1) is 5.71 Å². The number of hydrogen-bond acceptors (Lipinski definition) is 3. The average molecular weight is 184 g/mol. The van der Waals surface area contributed by atoms with Crippen molar-refractivity contribution in [2.24, 2.45) is 4.40 Å². The monoisotopic (exact) mass is 183 g/mol. The first kappa shape index (κ1) is 7.38. The minimum absolute atomic E-state index is 0.309. The molecule has 0 N–H and O–H groups in total. The molecule has 1 rings (SSSR count). The Hall–Kier alpha value is 0.270. The topological polar surface area (TPSA) is 29.4 Å². The van der Waals surface area contributed by atoms with E-state index >= 15 is 0 Å². The summed E-state index contributed by atoms with van der Waals surface area (Å²) in [7, 11) is 0. The summed E-state index contributed by atoms with van der Waals surface area (Å²) in [5.41, 5.74) is 0.380. The van der Waals surface area contributed by atoms with E-state index in [1.165, 1.54) is 0 Å². The summed E-state index contributed by atoms with van der Waals surface area (Å²) < 4.78 is 2.33. The van der Waals surface area contributed by atoms with Crippen molar-refractivity contribution in [3.05, 3.63) is 0 Å². The maximum absolute atomic E-state index is 10.8. The highest BCUT2D eigenvalue weighted by Crippen LogP contribution is 2.41. The molecule has 1 aliphatic rings. The second-order valence-electron chi connectivity index (χ2n) is 1.61. The van der Waals surface area contributed by atoms with Crippen LogP contribution in [0.4, 0.5) is 0 Å². The van der Waals surface area contributed by atoms with Crippen LogP contribution in [-0.4, -0.2) is 15.2 Å². The molecular weight excluding hydrogens is 181 g/mol. The molecule has 0 radical (unpaired) electrons. The summed E-state index contributed by atoms with van der Waals surface area (Å²) in [6, 6.07) is 0. The van der Waals surface area contributed by atoms with Crippen molar-refractivity contribution in [2.75, 3.05) is 0 Å². The highest BCUT2D eigenvalue weighted by Gasteiger charge is 2.41. The van der Waals surface area contributed by atoms with Gasteiger partial charge in [0.15, 0.2) is 0 Å². The molecule has 0 fully saturated rings. The molecule has 1 aliphatic heterocycles. The molecule has 2 nitrogen and oxygen atoms in total. The Labute approximate surface area is 66.8 Å². The zero-order valence-corrected chi connectivity index (χ0v) is 6.85. The van der Waals surface area contributed by atoms with Gasteiger partial charge in [-0.15, -0.1) is 0 Å². The second-order valence-corrected chi connectivity index (χ2v) is 4.37. The van der Waals surface area contributed by atoms with Gasteiger partial charge in [-0.2, -0.15) is 0 Å². The van der Waals surface area contributed by atoms with Crippen molar-refractivity contribution >= 4 is 46.6 Å². The molecule has 50 valence electrons. The van der Waals surface area contributed by atoms with E-state index in [4.69, 9.17) is 23.2 Å². The SMILES string of the molecule is CC1=NSC(Cl)(Cl)C1=O. The van der Waals surface area contributed by atoms with Crippen molar-refractivity contribution < 1.29 is 4.79 Å². The summed E-state index contributed by atoms with van der Waals surface area (Å²) in [6.45, 7) is 1.59. The second kappa shape index (κ2) is 2.15.